The maximum Gasteiger partial charge on any atom is 0.219 e. The third kappa shape index (κ3) is 9.72. The van der Waals surface area contributed by atoms with Gasteiger partial charge in [-0.1, -0.05) is 12.8 Å². The van der Waals surface area contributed by atoms with E-state index in [2.05, 4.69) is 5.32 Å². The zero-order valence-corrected chi connectivity index (χ0v) is 8.45. The number of rotatable bonds is 6. The van der Waals surface area contributed by atoms with Crippen LogP contribution in [0.5, 0.6) is 0 Å². The molecule has 3 nitrogen and oxygen atoms in total. The second-order valence-electron chi connectivity index (χ2n) is 2.63. The van der Waals surface area contributed by atoms with Gasteiger partial charge < -0.3 is 11.1 Å². The molecule has 0 aromatic carbocycles. The summed E-state index contributed by atoms with van der Waals surface area (Å²) in [5, 5.41) is 2.59. The smallest absolute Gasteiger partial charge is 0.219 e. The average Bonchev–Trinajstić information content (AvgIpc) is 2.04. The Morgan fingerprint density at radius 2 is 1.83 bits per heavy atom. The lowest BCUT2D eigenvalue weighted by Crippen LogP contribution is -2.16. The molecule has 0 aromatic rings. The molecule has 0 saturated carbocycles. The summed E-state index contributed by atoms with van der Waals surface area (Å²) in [6.07, 6.45) is 4.98. The first-order valence-corrected chi connectivity index (χ1v) is 4.22. The summed E-state index contributed by atoms with van der Waals surface area (Å²) in [5.74, 6) is 0.137. The van der Waals surface area contributed by atoms with E-state index in [9.17, 15) is 4.79 Å². The van der Waals surface area contributed by atoms with E-state index in [-0.39, 0.29) is 18.3 Å². The van der Waals surface area contributed by atoms with E-state index in [0.717, 1.165) is 32.2 Å². The lowest BCUT2D eigenvalue weighted by molar-refractivity contribution is -0.120. The van der Waals surface area contributed by atoms with E-state index in [0.29, 0.717) is 6.42 Å². The summed E-state index contributed by atoms with van der Waals surface area (Å²) in [4.78, 5) is 10.7. The zero-order valence-electron chi connectivity index (χ0n) is 7.64. The van der Waals surface area contributed by atoms with Crippen molar-refractivity contribution < 1.29 is 4.79 Å². The molecule has 0 aliphatic rings. The van der Waals surface area contributed by atoms with Crippen LogP contribution in [0, 0.1) is 0 Å². The van der Waals surface area contributed by atoms with Gasteiger partial charge in [0.2, 0.25) is 5.91 Å². The predicted octanol–water partition coefficient (Wildman–Crippen LogP) is 1.06. The van der Waals surface area contributed by atoms with Crippen LogP contribution in [-0.2, 0) is 4.79 Å². The van der Waals surface area contributed by atoms with E-state index in [1.54, 1.807) is 7.05 Å². The summed E-state index contributed by atoms with van der Waals surface area (Å²) in [5.41, 5.74) is 5.32. The van der Waals surface area contributed by atoms with E-state index in [1.807, 2.05) is 0 Å². The highest BCUT2D eigenvalue weighted by Crippen LogP contribution is 2.01. The SMILES string of the molecule is CNC(=O)CCCCCCN.Cl. The van der Waals surface area contributed by atoms with Crippen molar-refractivity contribution in [1.82, 2.24) is 5.32 Å². The first-order valence-electron chi connectivity index (χ1n) is 4.22. The molecule has 74 valence electrons. The fourth-order valence-electron chi connectivity index (χ4n) is 0.908. The van der Waals surface area contributed by atoms with Gasteiger partial charge in [0, 0.05) is 13.5 Å². The van der Waals surface area contributed by atoms with Crippen LogP contribution >= 0.6 is 12.4 Å². The fraction of sp³-hybridized carbons (Fsp3) is 0.875. The molecule has 12 heavy (non-hydrogen) atoms. The third-order valence-corrected chi connectivity index (χ3v) is 1.64. The fourth-order valence-corrected chi connectivity index (χ4v) is 0.908. The first kappa shape index (κ1) is 14.3. The molecule has 0 unspecified atom stereocenters. The number of hydrogen-bond acceptors (Lipinski definition) is 2. The van der Waals surface area contributed by atoms with Crippen LogP contribution in [0.15, 0.2) is 0 Å². The van der Waals surface area contributed by atoms with Gasteiger partial charge in [-0.05, 0) is 19.4 Å². The zero-order chi connectivity index (χ0) is 8.53. The number of halogens is 1. The van der Waals surface area contributed by atoms with Gasteiger partial charge in [-0.2, -0.15) is 0 Å². The second kappa shape index (κ2) is 10.7. The molecule has 0 fully saturated rings. The maximum absolute atomic E-state index is 10.7. The van der Waals surface area contributed by atoms with Crippen LogP contribution < -0.4 is 11.1 Å². The Bertz CT molecular complexity index is 109. The van der Waals surface area contributed by atoms with Crippen molar-refractivity contribution in [2.24, 2.45) is 5.73 Å². The average molecular weight is 195 g/mol. The number of carbonyl (C=O) groups is 1. The molecule has 0 aromatic heterocycles. The molecule has 3 N–H and O–H groups in total. The second-order valence-corrected chi connectivity index (χ2v) is 2.63. The minimum absolute atomic E-state index is 0. The Kier molecular flexibility index (Phi) is 12.7. The summed E-state index contributed by atoms with van der Waals surface area (Å²) in [6.45, 7) is 0.764. The van der Waals surface area contributed by atoms with E-state index < -0.39 is 0 Å². The van der Waals surface area contributed by atoms with Crippen molar-refractivity contribution in [3.05, 3.63) is 0 Å². The minimum Gasteiger partial charge on any atom is -0.359 e. The Hall–Kier alpha value is -0.280. The number of hydrogen-bond donors (Lipinski definition) is 2. The molecule has 4 heteroatoms. The van der Waals surface area contributed by atoms with Crippen LogP contribution in [0.3, 0.4) is 0 Å². The van der Waals surface area contributed by atoms with Crippen molar-refractivity contribution in [3.8, 4) is 0 Å². The summed E-state index contributed by atoms with van der Waals surface area (Å²) >= 11 is 0. The van der Waals surface area contributed by atoms with Crippen molar-refractivity contribution in [3.63, 3.8) is 0 Å². The van der Waals surface area contributed by atoms with Crippen molar-refractivity contribution >= 4 is 18.3 Å². The van der Waals surface area contributed by atoms with Crippen LogP contribution in [0.4, 0.5) is 0 Å². The standard InChI is InChI=1S/C8H18N2O.ClH/c1-10-8(11)6-4-2-3-5-7-9;/h2-7,9H2,1H3,(H,10,11);1H. The summed E-state index contributed by atoms with van der Waals surface area (Å²) < 4.78 is 0. The van der Waals surface area contributed by atoms with Crippen molar-refractivity contribution in [2.45, 2.75) is 32.1 Å². The molecular weight excluding hydrogens is 176 g/mol. The molecule has 0 atom stereocenters. The van der Waals surface area contributed by atoms with Gasteiger partial charge >= 0.3 is 0 Å². The highest BCUT2D eigenvalue weighted by Gasteiger charge is 1.95. The molecule has 1 amide bonds. The van der Waals surface area contributed by atoms with Crippen LogP contribution in [0.2, 0.25) is 0 Å². The van der Waals surface area contributed by atoms with Crippen molar-refractivity contribution in [1.29, 1.82) is 0 Å². The Morgan fingerprint density at radius 3 is 2.33 bits per heavy atom. The van der Waals surface area contributed by atoms with Crippen molar-refractivity contribution in [2.75, 3.05) is 13.6 Å². The van der Waals surface area contributed by atoms with Gasteiger partial charge in [0.15, 0.2) is 0 Å². The molecule has 0 heterocycles. The van der Waals surface area contributed by atoms with Gasteiger partial charge in [0.25, 0.3) is 0 Å². The van der Waals surface area contributed by atoms with Crippen LogP contribution in [-0.4, -0.2) is 19.5 Å². The van der Waals surface area contributed by atoms with Gasteiger partial charge in [0.05, 0.1) is 0 Å². The van der Waals surface area contributed by atoms with E-state index in [4.69, 9.17) is 5.73 Å². The molecule has 0 aliphatic heterocycles. The molecule has 0 aliphatic carbocycles. The van der Waals surface area contributed by atoms with Gasteiger partial charge in [-0.25, -0.2) is 0 Å². The number of unbranched alkanes of at least 4 members (excludes halogenated alkanes) is 3. The minimum atomic E-state index is 0. The van der Waals surface area contributed by atoms with Gasteiger partial charge in [-0.3, -0.25) is 4.79 Å². The predicted molar refractivity (Wildman–Crippen MR) is 53.5 cm³/mol. The highest BCUT2D eigenvalue weighted by molar-refractivity contribution is 5.85. The topological polar surface area (TPSA) is 55.1 Å². The summed E-state index contributed by atoms with van der Waals surface area (Å²) in [6, 6.07) is 0. The molecular formula is C8H19ClN2O. The molecule has 0 bridgehead atoms. The van der Waals surface area contributed by atoms with Crippen LogP contribution in [0.25, 0.3) is 0 Å². The number of amides is 1. The van der Waals surface area contributed by atoms with Crippen LogP contribution in [0.1, 0.15) is 32.1 Å². The Balaban J connectivity index is 0. The van der Waals surface area contributed by atoms with Gasteiger partial charge in [-0.15, -0.1) is 12.4 Å². The third-order valence-electron chi connectivity index (χ3n) is 1.64. The first-order chi connectivity index (χ1) is 5.31. The maximum atomic E-state index is 10.7. The lowest BCUT2D eigenvalue weighted by Gasteiger charge is -1.98. The summed E-state index contributed by atoms with van der Waals surface area (Å²) in [7, 11) is 1.67. The molecule has 0 saturated heterocycles. The quantitative estimate of drug-likeness (QED) is 0.622. The normalized spacial score (nSPS) is 8.83. The van der Waals surface area contributed by atoms with Gasteiger partial charge in [0.1, 0.15) is 0 Å². The number of nitrogens with two attached hydrogens (primary N) is 1. The highest BCUT2D eigenvalue weighted by atomic mass is 35.5. The largest absolute Gasteiger partial charge is 0.359 e. The number of carbonyl (C=O) groups excluding carboxylic acids is 1. The monoisotopic (exact) mass is 194 g/mol. The number of nitrogens with one attached hydrogen (secondary N) is 1. The Morgan fingerprint density at radius 1 is 1.25 bits per heavy atom. The van der Waals surface area contributed by atoms with E-state index in [1.165, 1.54) is 0 Å². The lowest BCUT2D eigenvalue weighted by atomic mass is 10.1. The van der Waals surface area contributed by atoms with E-state index >= 15 is 0 Å². The molecule has 0 spiro atoms. The molecule has 0 radical (unpaired) electrons. The Labute approximate surface area is 80.5 Å². The molecule has 0 rings (SSSR count).